The molecule has 18 heavy (non-hydrogen) atoms. The van der Waals surface area contributed by atoms with Gasteiger partial charge < -0.3 is 0 Å². The number of rotatable bonds is 0. The Bertz CT molecular complexity index is 476. The minimum absolute atomic E-state index is 0. The fourth-order valence-corrected chi connectivity index (χ4v) is 0.312. The topological polar surface area (TPSA) is 0 Å². The Morgan fingerprint density at radius 3 is 0.944 bits per heavy atom. The maximum absolute atomic E-state index is 10.7. The third-order valence-electron chi connectivity index (χ3n) is 0.625. The van der Waals surface area contributed by atoms with Crippen LogP contribution < -0.4 is 0 Å². The van der Waals surface area contributed by atoms with E-state index in [-0.39, 0.29) is 17.1 Å². The van der Waals surface area contributed by atoms with Crippen LogP contribution in [0, 0.1) is 24.3 Å². The van der Waals surface area contributed by atoms with Crippen molar-refractivity contribution in [3.05, 3.63) is 58.7 Å². The Hall–Kier alpha value is -1.31. The molecule has 0 unspecified atom stereocenters. The molecule has 8 heteroatoms. The van der Waals surface area contributed by atoms with Crippen LogP contribution in [0.15, 0.2) is 34.4 Å². The average Bonchev–Trinajstić information content (AvgIpc) is 2.78. The van der Waals surface area contributed by atoms with Gasteiger partial charge in [0.25, 0.3) is 0 Å². The summed E-state index contributed by atoms with van der Waals surface area (Å²) in [6.45, 7) is 0. The second-order valence-electron chi connectivity index (χ2n) is 2.21. The zero-order valence-electron chi connectivity index (χ0n) is 8.07. The molecule has 0 bridgehead atoms. The number of hydrogen-bond donors (Lipinski definition) is 0. The molecule has 0 amide bonds. The normalized spacial score (nSPS) is 15.2. The predicted molar refractivity (Wildman–Crippen MR) is 47.6 cm³/mol. The molecule has 0 fully saturated rings. The molecule has 95 valence electrons. The van der Waals surface area contributed by atoms with Gasteiger partial charge in [-0.15, -0.1) is 24.3 Å². The fourth-order valence-electron chi connectivity index (χ4n) is 0.312. The van der Waals surface area contributed by atoms with Crippen molar-refractivity contribution in [2.75, 3.05) is 0 Å². The van der Waals surface area contributed by atoms with E-state index in [9.17, 15) is 25.2 Å². The second-order valence-corrected chi connectivity index (χ2v) is 4.12. The Balaban J connectivity index is 0. The molecule has 0 atom stereocenters. The molecule has 2 aliphatic carbocycles. The molecular formula is C10F6FeP. The van der Waals surface area contributed by atoms with Gasteiger partial charge in [0, 0.05) is 0 Å². The maximum Gasteiger partial charge on any atom is 3.00 e. The summed E-state index contributed by atoms with van der Waals surface area (Å²) in [7, 11) is -10.7. The van der Waals surface area contributed by atoms with E-state index in [0.717, 1.165) is 0 Å². The van der Waals surface area contributed by atoms with Crippen molar-refractivity contribution in [1.29, 1.82) is 0 Å². The molecule has 0 spiro atoms. The summed E-state index contributed by atoms with van der Waals surface area (Å²) in [5, 5.41) is 0. The van der Waals surface area contributed by atoms with Crippen molar-refractivity contribution >= 4 is 7.81 Å². The average molecular weight is 321 g/mol. The summed E-state index contributed by atoms with van der Waals surface area (Å²) >= 11 is 0. The largest absolute Gasteiger partial charge is 3.00 e. The molecule has 0 N–H and O–H groups in total. The van der Waals surface area contributed by atoms with Gasteiger partial charge in [-0.3, -0.25) is 22.9 Å². The van der Waals surface area contributed by atoms with E-state index in [0.29, 0.717) is 0 Å². The molecule has 0 aromatic carbocycles. The number of hydrogen-bond acceptors (Lipinski definition) is 0. The Morgan fingerprint density at radius 1 is 0.611 bits per heavy atom. The van der Waals surface area contributed by atoms with Crippen LogP contribution in [-0.2, 0) is 17.1 Å². The monoisotopic (exact) mass is 321 g/mol. The third-order valence-corrected chi connectivity index (χ3v) is 0.625. The molecule has 0 aromatic rings. The fraction of sp³-hybridized carbons (Fsp3) is 0. The Labute approximate surface area is 109 Å². The van der Waals surface area contributed by atoms with Gasteiger partial charge in [-0.05, 0) is 0 Å². The second kappa shape index (κ2) is 6.03. The zero-order valence-corrected chi connectivity index (χ0v) is 10.1. The van der Waals surface area contributed by atoms with Crippen LogP contribution in [0.2, 0.25) is 0 Å². The molecule has 2 aliphatic rings. The summed E-state index contributed by atoms with van der Waals surface area (Å²) in [6.07, 6.45) is 10.0. The Kier molecular flexibility index (Phi) is 6.38. The molecule has 0 aliphatic heterocycles. The van der Waals surface area contributed by atoms with E-state index in [4.69, 9.17) is 0 Å². The molecule has 0 saturated carbocycles. The smallest absolute Gasteiger partial charge is 0.288 e. The van der Waals surface area contributed by atoms with Crippen LogP contribution in [0.3, 0.4) is 0 Å². The van der Waals surface area contributed by atoms with Crippen LogP contribution in [0.5, 0.6) is 0 Å². The van der Waals surface area contributed by atoms with E-state index in [1.54, 1.807) is 0 Å². The molecular weight excluding hydrogens is 321 g/mol. The molecule has 2 rings (SSSR count). The van der Waals surface area contributed by atoms with Gasteiger partial charge in [-0.2, -0.15) is 0 Å². The first-order valence-electron chi connectivity index (χ1n) is 3.51. The number of halogens is 6. The predicted octanol–water partition coefficient (Wildman–Crippen LogP) is 4.64. The molecule has 0 aromatic heterocycles. The van der Waals surface area contributed by atoms with Crippen LogP contribution in [0.25, 0.3) is 0 Å². The van der Waals surface area contributed by atoms with Crippen molar-refractivity contribution in [2.24, 2.45) is 0 Å². The van der Waals surface area contributed by atoms with Crippen molar-refractivity contribution in [3.8, 4) is 0 Å². The molecule has 3 radical (unpaired) electrons. The van der Waals surface area contributed by atoms with Gasteiger partial charge in [0.15, 0.2) is 0 Å². The first-order valence-corrected chi connectivity index (χ1v) is 5.54. The van der Waals surface area contributed by atoms with Crippen molar-refractivity contribution in [2.45, 2.75) is 0 Å². The maximum atomic E-state index is 9.87. The SMILES string of the molecule is F[P-](F)(F)(F)(F)F.[C]1=C=C=C=[C-]1.[C]1=C=C=C=[C-]1.[Fe+3]. The van der Waals surface area contributed by atoms with Gasteiger partial charge in [0.2, 0.25) is 0 Å². The zero-order chi connectivity index (χ0) is 13.5. The first kappa shape index (κ1) is 19.0. The van der Waals surface area contributed by atoms with E-state index >= 15 is 0 Å². The van der Waals surface area contributed by atoms with Gasteiger partial charge in [-0.25, -0.2) is 11.5 Å². The first-order chi connectivity index (χ1) is 7.45. The minimum Gasteiger partial charge on any atom is -0.288 e. The van der Waals surface area contributed by atoms with Crippen molar-refractivity contribution in [3.63, 3.8) is 0 Å². The summed E-state index contributed by atoms with van der Waals surface area (Å²) in [5.41, 5.74) is 15.0. The van der Waals surface area contributed by atoms with E-state index in [1.807, 2.05) is 0 Å². The van der Waals surface area contributed by atoms with Crippen molar-refractivity contribution in [1.82, 2.24) is 0 Å². The quantitative estimate of drug-likeness (QED) is 0.201. The Morgan fingerprint density at radius 2 is 0.889 bits per heavy atom. The van der Waals surface area contributed by atoms with Crippen LogP contribution in [0.4, 0.5) is 25.2 Å². The molecule has 0 saturated heterocycles. The number of allylic oxidation sites excluding steroid dienone is 4. The summed E-state index contributed by atoms with van der Waals surface area (Å²) in [4.78, 5) is 0. The van der Waals surface area contributed by atoms with Gasteiger partial charge in [0.05, 0.1) is 0 Å². The standard InChI is InChI=1S/2C5.F6P.Fe/c2*1-2-4-5-3-1;1-7(2,3,4,5)6;/q3*-1;+3. The summed E-state index contributed by atoms with van der Waals surface area (Å²) < 4.78 is 59.2. The van der Waals surface area contributed by atoms with Crippen LogP contribution in [-0.4, -0.2) is 0 Å². The van der Waals surface area contributed by atoms with Crippen LogP contribution >= 0.6 is 7.81 Å². The van der Waals surface area contributed by atoms with E-state index in [1.165, 1.54) is 0 Å². The van der Waals surface area contributed by atoms with E-state index in [2.05, 4.69) is 58.7 Å². The summed E-state index contributed by atoms with van der Waals surface area (Å²) in [6, 6.07) is 0. The van der Waals surface area contributed by atoms with Gasteiger partial charge in [0.1, 0.15) is 0 Å². The summed E-state index contributed by atoms with van der Waals surface area (Å²) in [5.74, 6) is 0. The van der Waals surface area contributed by atoms with Crippen LogP contribution in [0.1, 0.15) is 0 Å². The molecule has 0 heterocycles. The van der Waals surface area contributed by atoms with E-state index < -0.39 is 7.81 Å². The third kappa shape index (κ3) is 36.5. The molecule has 0 nitrogen and oxygen atoms in total. The van der Waals surface area contributed by atoms with Gasteiger partial charge >= 0.3 is 50.1 Å². The van der Waals surface area contributed by atoms with Crippen molar-refractivity contribution < 1.29 is 42.3 Å². The van der Waals surface area contributed by atoms with Gasteiger partial charge in [-0.1, -0.05) is 0 Å². The minimum atomic E-state index is -10.7.